The zero-order valence-corrected chi connectivity index (χ0v) is 7.68. The molecule has 2 N–H and O–H groups in total. The van der Waals surface area contributed by atoms with Gasteiger partial charge >= 0.3 is 0 Å². The second kappa shape index (κ2) is 4.07. The molecule has 1 aliphatic rings. The Hall–Kier alpha value is -0.0800. The number of likely N-dealkylation sites (tertiary alicyclic amines) is 1. The number of unbranched alkanes of at least 4 members (excludes halogenated alkanes) is 1. The molecule has 0 radical (unpaired) electrons. The Morgan fingerprint density at radius 2 is 1.82 bits per heavy atom. The summed E-state index contributed by atoms with van der Waals surface area (Å²) in [7, 11) is 0. The van der Waals surface area contributed by atoms with E-state index in [0.717, 1.165) is 4.59 Å². The van der Waals surface area contributed by atoms with Crippen molar-refractivity contribution < 1.29 is 4.59 Å². The first kappa shape index (κ1) is 9.01. The van der Waals surface area contributed by atoms with E-state index in [1.54, 1.807) is 0 Å². The van der Waals surface area contributed by atoms with Crippen molar-refractivity contribution in [2.45, 2.75) is 39.0 Å². The predicted octanol–water partition coefficient (Wildman–Crippen LogP) is 1.66. The second-order valence-electron chi connectivity index (χ2n) is 3.80. The Bertz CT molecular complexity index is 106. The lowest BCUT2D eigenvalue weighted by Gasteiger charge is -2.35. The lowest BCUT2D eigenvalue weighted by molar-refractivity contribution is -0.944. The molecule has 0 aromatic heterocycles. The van der Waals surface area contributed by atoms with Crippen LogP contribution in [0.25, 0.3) is 0 Å². The van der Waals surface area contributed by atoms with Gasteiger partial charge in [-0.3, -0.25) is 0 Å². The fourth-order valence-electron chi connectivity index (χ4n) is 1.84. The van der Waals surface area contributed by atoms with Crippen molar-refractivity contribution in [1.82, 2.24) is 0 Å². The van der Waals surface area contributed by atoms with Gasteiger partial charge in [0.15, 0.2) is 0 Å². The predicted molar refractivity (Wildman–Crippen MR) is 47.8 cm³/mol. The fraction of sp³-hybridized carbons (Fsp3) is 1.00. The van der Waals surface area contributed by atoms with Crippen molar-refractivity contribution in [3.05, 3.63) is 0 Å². The summed E-state index contributed by atoms with van der Waals surface area (Å²) in [6, 6.07) is 0. The van der Waals surface area contributed by atoms with Crippen molar-refractivity contribution in [1.29, 1.82) is 0 Å². The highest BCUT2D eigenvalue weighted by Crippen LogP contribution is 2.14. The van der Waals surface area contributed by atoms with Crippen LogP contribution in [-0.4, -0.2) is 24.2 Å². The van der Waals surface area contributed by atoms with Gasteiger partial charge in [0.25, 0.3) is 0 Å². The SMILES string of the molecule is CCCC[N+]1(N)CCCCC1. The van der Waals surface area contributed by atoms with Gasteiger partial charge in [0.2, 0.25) is 0 Å². The van der Waals surface area contributed by atoms with E-state index in [2.05, 4.69) is 6.92 Å². The molecule has 0 atom stereocenters. The monoisotopic (exact) mass is 157 g/mol. The molecule has 11 heavy (non-hydrogen) atoms. The number of hydrogen-bond donors (Lipinski definition) is 1. The van der Waals surface area contributed by atoms with Crippen molar-refractivity contribution in [3.63, 3.8) is 0 Å². The van der Waals surface area contributed by atoms with Crippen molar-refractivity contribution >= 4 is 0 Å². The van der Waals surface area contributed by atoms with E-state index in [4.69, 9.17) is 5.84 Å². The normalized spacial score (nSPS) is 23.5. The number of nitrogens with zero attached hydrogens (tertiary/aromatic N) is 1. The Balaban J connectivity index is 2.25. The summed E-state index contributed by atoms with van der Waals surface area (Å²) in [6.07, 6.45) is 6.62. The molecule has 2 nitrogen and oxygen atoms in total. The molecule has 0 aliphatic carbocycles. The summed E-state index contributed by atoms with van der Waals surface area (Å²) in [5.41, 5.74) is 0. The molecule has 1 fully saturated rings. The van der Waals surface area contributed by atoms with Gasteiger partial charge in [0.05, 0.1) is 19.6 Å². The highest BCUT2D eigenvalue weighted by atomic mass is 15.6. The van der Waals surface area contributed by atoms with Crippen LogP contribution in [0, 0.1) is 0 Å². The zero-order chi connectivity index (χ0) is 8.16. The molecular weight excluding hydrogens is 136 g/mol. The Labute approximate surface area is 69.9 Å². The molecule has 1 saturated heterocycles. The minimum atomic E-state index is 0.855. The third-order valence-electron chi connectivity index (χ3n) is 2.66. The summed E-state index contributed by atoms with van der Waals surface area (Å²) >= 11 is 0. The number of piperidine rings is 1. The highest BCUT2D eigenvalue weighted by Gasteiger charge is 2.24. The molecule has 1 heterocycles. The summed E-state index contributed by atoms with van der Waals surface area (Å²) in [5, 5.41) is 0. The Kier molecular flexibility index (Phi) is 3.34. The van der Waals surface area contributed by atoms with Gasteiger partial charge in [-0.15, -0.1) is 0 Å². The van der Waals surface area contributed by atoms with Crippen LogP contribution >= 0.6 is 0 Å². The van der Waals surface area contributed by atoms with Crippen molar-refractivity contribution in [2.24, 2.45) is 5.84 Å². The first-order valence-corrected chi connectivity index (χ1v) is 4.91. The molecule has 1 aliphatic heterocycles. The average molecular weight is 157 g/mol. The van der Waals surface area contributed by atoms with Crippen LogP contribution in [0.15, 0.2) is 0 Å². The number of rotatable bonds is 3. The van der Waals surface area contributed by atoms with Gasteiger partial charge in [-0.05, 0) is 25.7 Å². The second-order valence-corrected chi connectivity index (χ2v) is 3.80. The third kappa shape index (κ3) is 2.80. The molecule has 0 aromatic carbocycles. The van der Waals surface area contributed by atoms with E-state index < -0.39 is 0 Å². The van der Waals surface area contributed by atoms with E-state index in [1.807, 2.05) is 0 Å². The molecule has 0 aromatic rings. The largest absolute Gasteiger partial charge is 0.248 e. The maximum Gasteiger partial charge on any atom is 0.0960 e. The van der Waals surface area contributed by atoms with Gasteiger partial charge in [0, 0.05) is 0 Å². The first-order chi connectivity index (χ1) is 5.27. The van der Waals surface area contributed by atoms with Gasteiger partial charge in [0.1, 0.15) is 0 Å². The minimum absolute atomic E-state index is 0.855. The topological polar surface area (TPSA) is 26.0 Å². The Morgan fingerprint density at radius 3 is 2.36 bits per heavy atom. The number of quaternary nitrogens is 1. The lowest BCUT2D eigenvalue weighted by Crippen LogP contribution is -2.57. The molecular formula is C9H21N2+. The fourth-order valence-corrected chi connectivity index (χ4v) is 1.84. The molecule has 0 bridgehead atoms. The maximum atomic E-state index is 6.18. The van der Waals surface area contributed by atoms with Crippen LogP contribution in [-0.2, 0) is 0 Å². The van der Waals surface area contributed by atoms with E-state index in [0.29, 0.717) is 0 Å². The minimum Gasteiger partial charge on any atom is -0.248 e. The molecule has 1 rings (SSSR count). The first-order valence-electron chi connectivity index (χ1n) is 4.91. The third-order valence-corrected chi connectivity index (χ3v) is 2.66. The van der Waals surface area contributed by atoms with Gasteiger partial charge in [-0.1, -0.05) is 13.3 Å². The summed E-state index contributed by atoms with van der Waals surface area (Å²) in [6.45, 7) is 5.84. The van der Waals surface area contributed by atoms with Gasteiger partial charge < -0.3 is 0 Å². The number of hydrogen-bond acceptors (Lipinski definition) is 1. The number of nitrogens with two attached hydrogens (primary N) is 1. The van der Waals surface area contributed by atoms with Gasteiger partial charge in [-0.2, -0.15) is 5.84 Å². The zero-order valence-electron chi connectivity index (χ0n) is 7.68. The molecule has 0 saturated carbocycles. The van der Waals surface area contributed by atoms with Crippen LogP contribution < -0.4 is 5.84 Å². The van der Waals surface area contributed by atoms with Crippen LogP contribution in [0.2, 0.25) is 0 Å². The smallest absolute Gasteiger partial charge is 0.0960 e. The molecule has 0 spiro atoms. The quantitative estimate of drug-likeness (QED) is 0.489. The van der Waals surface area contributed by atoms with E-state index in [9.17, 15) is 0 Å². The van der Waals surface area contributed by atoms with Crippen molar-refractivity contribution in [2.75, 3.05) is 19.6 Å². The Morgan fingerprint density at radius 1 is 1.18 bits per heavy atom. The van der Waals surface area contributed by atoms with Crippen LogP contribution in [0.5, 0.6) is 0 Å². The van der Waals surface area contributed by atoms with Crippen LogP contribution in [0.4, 0.5) is 0 Å². The summed E-state index contributed by atoms with van der Waals surface area (Å²) in [4.78, 5) is 0. The standard InChI is InChI=1S/C9H21N2/c1-2-3-7-11(10)8-5-4-6-9-11/h2-10H2,1H3/q+1. The summed E-state index contributed by atoms with van der Waals surface area (Å²) in [5.74, 6) is 6.18. The molecule has 0 unspecified atom stereocenters. The molecule has 66 valence electrons. The summed E-state index contributed by atoms with van der Waals surface area (Å²) < 4.78 is 0.855. The lowest BCUT2D eigenvalue weighted by atomic mass is 10.1. The van der Waals surface area contributed by atoms with E-state index in [-0.39, 0.29) is 0 Å². The van der Waals surface area contributed by atoms with Crippen LogP contribution in [0.3, 0.4) is 0 Å². The molecule has 2 heteroatoms. The van der Waals surface area contributed by atoms with Crippen molar-refractivity contribution in [3.8, 4) is 0 Å². The van der Waals surface area contributed by atoms with Gasteiger partial charge in [-0.25, -0.2) is 4.59 Å². The van der Waals surface area contributed by atoms with Crippen LogP contribution in [0.1, 0.15) is 39.0 Å². The average Bonchev–Trinajstić information content (AvgIpc) is 2.03. The highest BCUT2D eigenvalue weighted by molar-refractivity contribution is 4.50. The molecule has 0 amide bonds. The van der Waals surface area contributed by atoms with E-state index in [1.165, 1.54) is 51.7 Å². The van der Waals surface area contributed by atoms with E-state index >= 15 is 0 Å². The maximum absolute atomic E-state index is 6.18.